The number of β-amino-alcohol motifs (C(OH)–C–C–N with tert-alkyl or cyclic N) is 1. The highest BCUT2D eigenvalue weighted by molar-refractivity contribution is 6.42. The summed E-state index contributed by atoms with van der Waals surface area (Å²) in [7, 11) is 0. The van der Waals surface area contributed by atoms with E-state index in [9.17, 15) is 9.90 Å². The molecule has 30 heavy (non-hydrogen) atoms. The first-order valence-electron chi connectivity index (χ1n) is 9.84. The molecular formula is C22H23Cl2N3O3. The van der Waals surface area contributed by atoms with E-state index >= 15 is 0 Å². The summed E-state index contributed by atoms with van der Waals surface area (Å²) >= 11 is 12.1. The lowest BCUT2D eigenvalue weighted by molar-refractivity contribution is 0.0663. The van der Waals surface area contributed by atoms with Crippen LogP contribution in [0.4, 0.5) is 5.69 Å². The topological polar surface area (TPSA) is 68.8 Å². The van der Waals surface area contributed by atoms with E-state index in [2.05, 4.69) is 14.8 Å². The van der Waals surface area contributed by atoms with E-state index in [1.165, 1.54) is 6.07 Å². The zero-order valence-corrected chi connectivity index (χ0v) is 17.9. The third-order valence-corrected chi connectivity index (χ3v) is 5.99. The highest BCUT2D eigenvalue weighted by Gasteiger charge is 2.20. The monoisotopic (exact) mass is 447 g/mol. The molecule has 0 amide bonds. The molecule has 0 saturated carbocycles. The fraction of sp³-hybridized carbons (Fsp3) is 0.318. The number of fused-ring (bicyclic) bond motifs is 1. The molecule has 158 valence electrons. The molecule has 4 rings (SSSR count). The number of H-pyrrole nitrogens is 1. The average Bonchev–Trinajstić information content (AvgIpc) is 2.75. The minimum absolute atomic E-state index is 0.133. The summed E-state index contributed by atoms with van der Waals surface area (Å²) in [5.41, 5.74) is 1.69. The molecular weight excluding hydrogens is 425 g/mol. The number of hydrogen-bond donors (Lipinski definition) is 2. The third kappa shape index (κ3) is 5.08. The van der Waals surface area contributed by atoms with Crippen molar-refractivity contribution in [2.24, 2.45) is 0 Å². The van der Waals surface area contributed by atoms with Crippen molar-refractivity contribution in [1.29, 1.82) is 0 Å². The first-order valence-corrected chi connectivity index (χ1v) is 10.6. The number of aromatic nitrogens is 1. The predicted molar refractivity (Wildman–Crippen MR) is 121 cm³/mol. The molecule has 1 atom stereocenters. The molecule has 1 aliphatic rings. The fourth-order valence-electron chi connectivity index (χ4n) is 3.64. The van der Waals surface area contributed by atoms with Crippen LogP contribution < -0.4 is 15.2 Å². The zero-order chi connectivity index (χ0) is 21.1. The maximum atomic E-state index is 11.4. The van der Waals surface area contributed by atoms with Crippen LogP contribution in [-0.2, 0) is 0 Å². The molecule has 0 aliphatic carbocycles. The number of pyridine rings is 1. The molecule has 3 aromatic rings. The zero-order valence-electron chi connectivity index (χ0n) is 16.4. The van der Waals surface area contributed by atoms with Gasteiger partial charge in [-0.25, -0.2) is 0 Å². The van der Waals surface area contributed by atoms with Crippen molar-refractivity contribution in [3.8, 4) is 5.75 Å². The Labute approximate surface area is 184 Å². The summed E-state index contributed by atoms with van der Waals surface area (Å²) in [5, 5.41) is 12.4. The van der Waals surface area contributed by atoms with E-state index in [1.54, 1.807) is 18.2 Å². The molecule has 0 unspecified atom stereocenters. The highest BCUT2D eigenvalue weighted by atomic mass is 35.5. The van der Waals surface area contributed by atoms with Crippen LogP contribution in [0.5, 0.6) is 5.75 Å². The Kier molecular flexibility index (Phi) is 6.49. The van der Waals surface area contributed by atoms with Crippen LogP contribution in [0, 0.1) is 0 Å². The largest absolute Gasteiger partial charge is 0.491 e. The van der Waals surface area contributed by atoms with Gasteiger partial charge in [-0.3, -0.25) is 9.69 Å². The molecule has 0 radical (unpaired) electrons. The summed E-state index contributed by atoms with van der Waals surface area (Å²) in [4.78, 5) is 18.6. The minimum atomic E-state index is -0.590. The molecule has 0 bridgehead atoms. The maximum Gasteiger partial charge on any atom is 0.248 e. The quantitative estimate of drug-likeness (QED) is 0.605. The molecule has 2 aromatic carbocycles. The molecule has 2 heterocycles. The van der Waals surface area contributed by atoms with E-state index in [-0.39, 0.29) is 12.2 Å². The summed E-state index contributed by atoms with van der Waals surface area (Å²) in [6.07, 6.45) is -0.590. The molecule has 1 saturated heterocycles. The van der Waals surface area contributed by atoms with Crippen LogP contribution in [-0.4, -0.2) is 60.4 Å². The van der Waals surface area contributed by atoms with Crippen molar-refractivity contribution < 1.29 is 9.84 Å². The van der Waals surface area contributed by atoms with Gasteiger partial charge in [-0.1, -0.05) is 23.2 Å². The second-order valence-electron chi connectivity index (χ2n) is 7.42. The van der Waals surface area contributed by atoms with Crippen molar-refractivity contribution in [2.45, 2.75) is 6.10 Å². The smallest absolute Gasteiger partial charge is 0.248 e. The number of nitrogens with zero attached hydrogens (tertiary/aromatic N) is 2. The van der Waals surface area contributed by atoms with Crippen LogP contribution in [0.15, 0.2) is 53.3 Å². The number of piperazine rings is 1. The fourth-order valence-corrected chi connectivity index (χ4v) is 3.93. The van der Waals surface area contributed by atoms with E-state index in [0.29, 0.717) is 22.3 Å². The van der Waals surface area contributed by atoms with Crippen LogP contribution in [0.3, 0.4) is 0 Å². The van der Waals surface area contributed by atoms with E-state index < -0.39 is 6.10 Å². The first-order chi connectivity index (χ1) is 14.5. The van der Waals surface area contributed by atoms with Crippen molar-refractivity contribution >= 4 is 39.8 Å². The molecule has 2 N–H and O–H groups in total. The highest BCUT2D eigenvalue weighted by Crippen LogP contribution is 2.27. The van der Waals surface area contributed by atoms with Crippen molar-refractivity contribution in [3.63, 3.8) is 0 Å². The predicted octanol–water partition coefficient (Wildman–Crippen LogP) is 3.40. The van der Waals surface area contributed by atoms with Crippen molar-refractivity contribution in [3.05, 3.63) is 68.9 Å². The van der Waals surface area contributed by atoms with Crippen LogP contribution >= 0.6 is 23.2 Å². The number of aliphatic hydroxyl groups is 1. The Bertz CT molecular complexity index is 1080. The Morgan fingerprint density at radius 1 is 1.00 bits per heavy atom. The lowest BCUT2D eigenvalue weighted by Gasteiger charge is -2.37. The Hall–Kier alpha value is -2.25. The van der Waals surface area contributed by atoms with Crippen molar-refractivity contribution in [1.82, 2.24) is 9.88 Å². The number of anilines is 1. The third-order valence-electron chi connectivity index (χ3n) is 5.25. The van der Waals surface area contributed by atoms with Gasteiger partial charge in [0.2, 0.25) is 5.56 Å². The van der Waals surface area contributed by atoms with Gasteiger partial charge in [-0.2, -0.15) is 0 Å². The van der Waals surface area contributed by atoms with Gasteiger partial charge in [-0.05, 0) is 42.5 Å². The Balaban J connectivity index is 1.26. The number of ether oxygens (including phenoxy) is 1. The molecule has 8 heteroatoms. The number of benzene rings is 2. The standard InChI is InChI=1S/C22H23Cl2N3O3/c23-19-4-2-16(12-20(19)24)27-9-7-26(8-10-27)13-17(28)14-30-18-3-5-21-15(11-18)1-6-22(29)25-21/h1-6,11-12,17,28H,7-10,13-14H2,(H,25,29)/t17-/m0/s1. The lowest BCUT2D eigenvalue weighted by atomic mass is 10.2. The molecule has 1 aliphatic heterocycles. The van der Waals surface area contributed by atoms with E-state index in [0.717, 1.165) is 42.8 Å². The number of hydrogen-bond acceptors (Lipinski definition) is 5. The van der Waals surface area contributed by atoms with Gasteiger partial charge in [0.15, 0.2) is 0 Å². The van der Waals surface area contributed by atoms with Crippen LogP contribution in [0.2, 0.25) is 10.0 Å². The Morgan fingerprint density at radius 2 is 1.80 bits per heavy atom. The van der Waals surface area contributed by atoms with Gasteiger partial charge < -0.3 is 19.7 Å². The number of rotatable bonds is 6. The van der Waals surface area contributed by atoms with Gasteiger partial charge in [-0.15, -0.1) is 0 Å². The second kappa shape index (κ2) is 9.27. The van der Waals surface area contributed by atoms with E-state index in [1.807, 2.05) is 24.3 Å². The normalized spacial score (nSPS) is 16.0. The first kappa shape index (κ1) is 21.0. The molecule has 0 spiro atoms. The summed E-state index contributed by atoms with van der Waals surface area (Å²) < 4.78 is 5.76. The summed E-state index contributed by atoms with van der Waals surface area (Å²) in [5.74, 6) is 0.665. The van der Waals surface area contributed by atoms with Crippen LogP contribution in [0.1, 0.15) is 0 Å². The Morgan fingerprint density at radius 3 is 2.57 bits per heavy atom. The minimum Gasteiger partial charge on any atom is -0.491 e. The maximum absolute atomic E-state index is 11.4. The molecule has 1 fully saturated rings. The van der Waals surface area contributed by atoms with Gasteiger partial charge in [0.25, 0.3) is 0 Å². The van der Waals surface area contributed by atoms with Gasteiger partial charge in [0.1, 0.15) is 18.5 Å². The number of halogens is 2. The van der Waals surface area contributed by atoms with Gasteiger partial charge in [0, 0.05) is 55.4 Å². The SMILES string of the molecule is O=c1ccc2cc(OC[C@@H](O)CN3CCN(c4ccc(Cl)c(Cl)c4)CC3)ccc2[nH]1. The number of aliphatic hydroxyl groups excluding tert-OH is 1. The molecule has 6 nitrogen and oxygen atoms in total. The van der Waals surface area contributed by atoms with E-state index in [4.69, 9.17) is 27.9 Å². The van der Waals surface area contributed by atoms with Crippen LogP contribution in [0.25, 0.3) is 10.9 Å². The van der Waals surface area contributed by atoms with Crippen molar-refractivity contribution in [2.75, 3.05) is 44.2 Å². The van der Waals surface area contributed by atoms with Gasteiger partial charge >= 0.3 is 0 Å². The number of aromatic amines is 1. The van der Waals surface area contributed by atoms with Gasteiger partial charge in [0.05, 0.1) is 10.0 Å². The number of nitrogens with one attached hydrogen (secondary N) is 1. The summed E-state index contributed by atoms with van der Waals surface area (Å²) in [6.45, 7) is 4.17. The molecule has 1 aromatic heterocycles. The summed E-state index contributed by atoms with van der Waals surface area (Å²) in [6, 6.07) is 14.4. The lowest BCUT2D eigenvalue weighted by Crippen LogP contribution is -2.49. The second-order valence-corrected chi connectivity index (χ2v) is 8.24. The average molecular weight is 448 g/mol.